The van der Waals surface area contributed by atoms with Crippen molar-refractivity contribution in [3.8, 4) is 11.5 Å². The molecule has 2 aromatic rings. The lowest BCUT2D eigenvalue weighted by Gasteiger charge is -2.15. The topological polar surface area (TPSA) is 84.9 Å². The molecule has 0 aromatic heterocycles. The summed E-state index contributed by atoms with van der Waals surface area (Å²) < 4.78 is 10.2. The Balaban J connectivity index is 2.05. The Hall–Kier alpha value is -2.73. The molecule has 24 heavy (non-hydrogen) atoms. The molecule has 0 fully saturated rings. The molecule has 7 heteroatoms. The Morgan fingerprint density at radius 3 is 2.62 bits per heavy atom. The molecule has 0 heterocycles. The Morgan fingerprint density at radius 1 is 1.21 bits per heavy atom. The number of aromatic hydroxyl groups is 1. The Labute approximate surface area is 144 Å². The van der Waals surface area contributed by atoms with E-state index >= 15 is 0 Å². The molecule has 1 unspecified atom stereocenters. The molecule has 2 N–H and O–H groups in total. The van der Waals surface area contributed by atoms with Crippen LogP contribution in [0.1, 0.15) is 17.3 Å². The highest BCUT2D eigenvalue weighted by Crippen LogP contribution is 2.27. The Kier molecular flexibility index (Phi) is 5.65. The van der Waals surface area contributed by atoms with Gasteiger partial charge < -0.3 is 19.9 Å². The predicted octanol–water partition coefficient (Wildman–Crippen LogP) is 3.24. The van der Waals surface area contributed by atoms with Crippen molar-refractivity contribution in [1.29, 1.82) is 0 Å². The van der Waals surface area contributed by atoms with E-state index < -0.39 is 18.0 Å². The van der Waals surface area contributed by atoms with Gasteiger partial charge in [0.1, 0.15) is 11.5 Å². The third-order valence-electron chi connectivity index (χ3n) is 3.15. The van der Waals surface area contributed by atoms with Crippen molar-refractivity contribution in [1.82, 2.24) is 0 Å². The normalized spacial score (nSPS) is 11.5. The number of benzene rings is 2. The zero-order chi connectivity index (χ0) is 17.7. The van der Waals surface area contributed by atoms with Gasteiger partial charge in [0, 0.05) is 5.02 Å². The van der Waals surface area contributed by atoms with E-state index in [0.29, 0.717) is 16.5 Å². The number of carbonyl (C=O) groups excluding carboxylic acids is 2. The molecule has 0 saturated carbocycles. The summed E-state index contributed by atoms with van der Waals surface area (Å²) in [4.78, 5) is 24.2. The Morgan fingerprint density at radius 2 is 1.96 bits per heavy atom. The number of esters is 1. The van der Waals surface area contributed by atoms with Crippen LogP contribution in [0.25, 0.3) is 0 Å². The molecule has 1 amide bonds. The molecule has 0 aliphatic heterocycles. The Bertz CT molecular complexity index is 762. The van der Waals surface area contributed by atoms with Gasteiger partial charge in [-0.2, -0.15) is 0 Å². The van der Waals surface area contributed by atoms with Crippen molar-refractivity contribution >= 4 is 29.2 Å². The van der Waals surface area contributed by atoms with Crippen molar-refractivity contribution in [2.75, 3.05) is 12.4 Å². The minimum Gasteiger partial charge on any atom is -0.508 e. The van der Waals surface area contributed by atoms with E-state index in [-0.39, 0.29) is 11.3 Å². The summed E-state index contributed by atoms with van der Waals surface area (Å²) in [5.74, 6) is -0.889. The van der Waals surface area contributed by atoms with Gasteiger partial charge in [-0.3, -0.25) is 4.79 Å². The molecule has 0 aliphatic carbocycles. The molecule has 6 nitrogen and oxygen atoms in total. The van der Waals surface area contributed by atoms with E-state index in [1.165, 1.54) is 44.4 Å². The molecular weight excluding hydrogens is 334 g/mol. The summed E-state index contributed by atoms with van der Waals surface area (Å²) in [6.07, 6.45) is -1.05. The number of carbonyl (C=O) groups is 2. The third kappa shape index (κ3) is 4.39. The molecule has 0 saturated heterocycles. The van der Waals surface area contributed by atoms with Crippen LogP contribution in [0, 0.1) is 0 Å². The fourth-order valence-corrected chi connectivity index (χ4v) is 2.10. The maximum absolute atomic E-state index is 12.2. The molecule has 2 aromatic carbocycles. The van der Waals surface area contributed by atoms with E-state index in [0.717, 1.165) is 0 Å². The first-order valence-corrected chi connectivity index (χ1v) is 7.43. The molecule has 0 radical (unpaired) electrons. The molecule has 2 rings (SSSR count). The van der Waals surface area contributed by atoms with Gasteiger partial charge in [0.25, 0.3) is 5.91 Å². The average molecular weight is 350 g/mol. The highest BCUT2D eigenvalue weighted by molar-refractivity contribution is 6.31. The van der Waals surface area contributed by atoms with Crippen LogP contribution in [0.5, 0.6) is 11.5 Å². The maximum atomic E-state index is 12.2. The fourth-order valence-electron chi connectivity index (χ4n) is 1.93. The number of halogens is 1. The van der Waals surface area contributed by atoms with Gasteiger partial charge in [-0.15, -0.1) is 0 Å². The smallest absolute Gasteiger partial charge is 0.339 e. The number of amides is 1. The van der Waals surface area contributed by atoms with E-state index in [1.54, 1.807) is 12.1 Å². The van der Waals surface area contributed by atoms with Crippen LogP contribution < -0.4 is 10.1 Å². The van der Waals surface area contributed by atoms with E-state index in [1.807, 2.05) is 0 Å². The number of nitrogens with one attached hydrogen (secondary N) is 1. The summed E-state index contributed by atoms with van der Waals surface area (Å²) in [5.41, 5.74) is 0.519. The second-order valence-corrected chi connectivity index (χ2v) is 5.37. The SMILES string of the molecule is COc1ccc(Cl)cc1NC(=O)C(C)OC(=O)c1cccc(O)c1. The van der Waals surface area contributed by atoms with Crippen LogP contribution in [0.2, 0.25) is 5.02 Å². The van der Waals surface area contributed by atoms with Crippen molar-refractivity contribution in [3.05, 3.63) is 53.1 Å². The number of anilines is 1. The van der Waals surface area contributed by atoms with E-state index in [4.69, 9.17) is 21.1 Å². The fraction of sp³-hybridized carbons (Fsp3) is 0.176. The van der Waals surface area contributed by atoms with Crippen LogP contribution >= 0.6 is 11.6 Å². The summed E-state index contributed by atoms with van der Waals surface area (Å²) in [6.45, 7) is 1.44. The monoisotopic (exact) mass is 349 g/mol. The summed E-state index contributed by atoms with van der Waals surface area (Å²) in [6, 6.07) is 10.4. The molecule has 0 spiro atoms. The van der Waals surface area contributed by atoms with Gasteiger partial charge >= 0.3 is 5.97 Å². The second kappa shape index (κ2) is 7.70. The van der Waals surface area contributed by atoms with Gasteiger partial charge in [0.15, 0.2) is 6.10 Å². The number of phenolic OH excluding ortho intramolecular Hbond substituents is 1. The van der Waals surface area contributed by atoms with Crippen LogP contribution in [0.3, 0.4) is 0 Å². The molecular formula is C17H16ClNO5. The first-order valence-electron chi connectivity index (χ1n) is 7.05. The van der Waals surface area contributed by atoms with Gasteiger partial charge in [-0.25, -0.2) is 4.79 Å². The van der Waals surface area contributed by atoms with Crippen molar-refractivity contribution in [3.63, 3.8) is 0 Å². The number of rotatable bonds is 5. The van der Waals surface area contributed by atoms with Gasteiger partial charge in [-0.05, 0) is 43.3 Å². The zero-order valence-corrected chi connectivity index (χ0v) is 13.8. The van der Waals surface area contributed by atoms with Gasteiger partial charge in [0.2, 0.25) is 0 Å². The maximum Gasteiger partial charge on any atom is 0.339 e. The highest BCUT2D eigenvalue weighted by atomic mass is 35.5. The van der Waals surface area contributed by atoms with Crippen LogP contribution in [0.15, 0.2) is 42.5 Å². The second-order valence-electron chi connectivity index (χ2n) is 4.93. The third-order valence-corrected chi connectivity index (χ3v) is 3.39. The predicted molar refractivity (Wildman–Crippen MR) is 89.6 cm³/mol. The standard InChI is InChI=1S/C17H16ClNO5/c1-10(24-17(22)11-4-3-5-13(20)8-11)16(21)19-14-9-12(18)6-7-15(14)23-2/h3-10,20H,1-2H3,(H,19,21). The van der Waals surface area contributed by atoms with Crippen LogP contribution in [-0.4, -0.2) is 30.2 Å². The van der Waals surface area contributed by atoms with Crippen molar-refractivity contribution in [2.45, 2.75) is 13.0 Å². The number of hydrogen-bond acceptors (Lipinski definition) is 5. The molecule has 0 bridgehead atoms. The molecule has 0 aliphatic rings. The van der Waals surface area contributed by atoms with Gasteiger partial charge in [-0.1, -0.05) is 17.7 Å². The van der Waals surface area contributed by atoms with Crippen LogP contribution in [-0.2, 0) is 9.53 Å². The van der Waals surface area contributed by atoms with Crippen molar-refractivity contribution in [2.24, 2.45) is 0 Å². The lowest BCUT2D eigenvalue weighted by molar-refractivity contribution is -0.123. The lowest BCUT2D eigenvalue weighted by atomic mass is 10.2. The number of methoxy groups -OCH3 is 1. The zero-order valence-electron chi connectivity index (χ0n) is 13.1. The molecule has 1 atom stereocenters. The quantitative estimate of drug-likeness (QED) is 0.809. The number of ether oxygens (including phenoxy) is 2. The minimum absolute atomic E-state index is 0.0646. The summed E-state index contributed by atoms with van der Waals surface area (Å²) in [7, 11) is 1.46. The first-order chi connectivity index (χ1) is 11.4. The minimum atomic E-state index is -1.05. The van der Waals surface area contributed by atoms with Gasteiger partial charge in [0.05, 0.1) is 18.4 Å². The molecule has 126 valence electrons. The van der Waals surface area contributed by atoms with E-state index in [2.05, 4.69) is 5.32 Å². The van der Waals surface area contributed by atoms with Crippen LogP contribution in [0.4, 0.5) is 5.69 Å². The largest absolute Gasteiger partial charge is 0.508 e. The van der Waals surface area contributed by atoms with Crippen molar-refractivity contribution < 1.29 is 24.2 Å². The summed E-state index contributed by atoms with van der Waals surface area (Å²) >= 11 is 5.90. The number of hydrogen-bond donors (Lipinski definition) is 2. The first kappa shape index (κ1) is 17.6. The summed E-state index contributed by atoms with van der Waals surface area (Å²) in [5, 5.41) is 12.4. The number of phenols is 1. The van der Waals surface area contributed by atoms with E-state index in [9.17, 15) is 14.7 Å². The average Bonchev–Trinajstić information content (AvgIpc) is 2.55. The lowest BCUT2D eigenvalue weighted by Crippen LogP contribution is -2.30. The highest BCUT2D eigenvalue weighted by Gasteiger charge is 2.20.